The van der Waals surface area contributed by atoms with Crippen LogP contribution in [0.3, 0.4) is 0 Å². The minimum absolute atomic E-state index is 0.183. The van der Waals surface area contributed by atoms with E-state index in [4.69, 9.17) is 10.8 Å². The number of nitrogens with two attached hydrogens (primary N) is 1. The SMILES string of the molecule is CCC(CCO)NC(N)=NC. The average Bonchev–Trinajstić information content (AvgIpc) is 2.03. The van der Waals surface area contributed by atoms with E-state index < -0.39 is 0 Å². The van der Waals surface area contributed by atoms with E-state index in [0.717, 1.165) is 6.42 Å². The fraction of sp³-hybridized carbons (Fsp3) is 0.857. The van der Waals surface area contributed by atoms with Crippen molar-refractivity contribution in [3.8, 4) is 0 Å². The molecule has 11 heavy (non-hydrogen) atoms. The van der Waals surface area contributed by atoms with Gasteiger partial charge >= 0.3 is 0 Å². The van der Waals surface area contributed by atoms with Crippen molar-refractivity contribution in [1.82, 2.24) is 5.32 Å². The fourth-order valence-corrected chi connectivity index (χ4v) is 0.808. The molecule has 1 atom stereocenters. The second-order valence-corrected chi connectivity index (χ2v) is 2.37. The lowest BCUT2D eigenvalue weighted by Gasteiger charge is -2.15. The number of aliphatic hydroxyl groups excluding tert-OH is 1. The standard InChI is InChI=1S/C7H17N3O/c1-3-6(4-5-11)10-7(8)9-2/h6,11H,3-5H2,1-2H3,(H3,8,9,10). The highest BCUT2D eigenvalue weighted by atomic mass is 16.3. The summed E-state index contributed by atoms with van der Waals surface area (Å²) < 4.78 is 0. The van der Waals surface area contributed by atoms with Crippen LogP contribution in [0.2, 0.25) is 0 Å². The van der Waals surface area contributed by atoms with Gasteiger partial charge in [0.1, 0.15) is 0 Å². The zero-order valence-corrected chi connectivity index (χ0v) is 7.17. The average molecular weight is 159 g/mol. The van der Waals surface area contributed by atoms with Crippen molar-refractivity contribution < 1.29 is 5.11 Å². The second kappa shape index (κ2) is 5.97. The molecule has 66 valence electrons. The van der Waals surface area contributed by atoms with Crippen LogP contribution in [-0.4, -0.2) is 30.8 Å². The van der Waals surface area contributed by atoms with Gasteiger partial charge in [-0.3, -0.25) is 4.99 Å². The van der Waals surface area contributed by atoms with Crippen LogP contribution in [0, 0.1) is 0 Å². The van der Waals surface area contributed by atoms with Crippen molar-refractivity contribution in [2.75, 3.05) is 13.7 Å². The van der Waals surface area contributed by atoms with E-state index in [1.165, 1.54) is 0 Å². The first-order valence-electron chi connectivity index (χ1n) is 3.84. The molecule has 4 heteroatoms. The molecular weight excluding hydrogens is 142 g/mol. The highest BCUT2D eigenvalue weighted by Crippen LogP contribution is 1.94. The summed E-state index contributed by atoms with van der Waals surface area (Å²) in [6, 6.07) is 0.240. The van der Waals surface area contributed by atoms with E-state index in [9.17, 15) is 0 Å². The normalized spacial score (nSPS) is 14.6. The number of aliphatic hydroxyl groups is 1. The molecule has 1 unspecified atom stereocenters. The molecule has 4 nitrogen and oxygen atoms in total. The second-order valence-electron chi connectivity index (χ2n) is 2.37. The van der Waals surface area contributed by atoms with Gasteiger partial charge in [0.25, 0.3) is 0 Å². The largest absolute Gasteiger partial charge is 0.396 e. The number of nitrogens with one attached hydrogen (secondary N) is 1. The summed E-state index contributed by atoms with van der Waals surface area (Å²) in [5.74, 6) is 0.435. The third-order valence-corrected chi connectivity index (χ3v) is 1.56. The van der Waals surface area contributed by atoms with Crippen LogP contribution in [0.4, 0.5) is 0 Å². The predicted molar refractivity (Wildman–Crippen MR) is 46.5 cm³/mol. The fourth-order valence-electron chi connectivity index (χ4n) is 0.808. The molecule has 0 aliphatic carbocycles. The highest BCUT2D eigenvalue weighted by Gasteiger charge is 2.04. The maximum absolute atomic E-state index is 8.63. The maximum atomic E-state index is 8.63. The van der Waals surface area contributed by atoms with Gasteiger partial charge < -0.3 is 16.2 Å². The summed E-state index contributed by atoms with van der Waals surface area (Å²) in [6.45, 7) is 2.22. The molecule has 0 fully saturated rings. The Labute approximate surface area is 67.5 Å². The van der Waals surface area contributed by atoms with E-state index in [1.807, 2.05) is 6.92 Å². The van der Waals surface area contributed by atoms with Crippen LogP contribution in [0.1, 0.15) is 19.8 Å². The van der Waals surface area contributed by atoms with Crippen LogP contribution < -0.4 is 11.1 Å². The Balaban J connectivity index is 3.68. The Morgan fingerprint density at radius 2 is 2.36 bits per heavy atom. The molecule has 4 N–H and O–H groups in total. The van der Waals surface area contributed by atoms with E-state index in [-0.39, 0.29) is 12.6 Å². The van der Waals surface area contributed by atoms with Crippen molar-refractivity contribution in [2.45, 2.75) is 25.8 Å². The van der Waals surface area contributed by atoms with E-state index in [0.29, 0.717) is 12.4 Å². The highest BCUT2D eigenvalue weighted by molar-refractivity contribution is 5.77. The molecule has 0 aliphatic heterocycles. The van der Waals surface area contributed by atoms with E-state index >= 15 is 0 Å². The summed E-state index contributed by atoms with van der Waals surface area (Å²) in [5, 5.41) is 11.6. The Morgan fingerprint density at radius 1 is 1.73 bits per heavy atom. The zero-order valence-electron chi connectivity index (χ0n) is 7.17. The molecule has 0 aliphatic rings. The minimum Gasteiger partial charge on any atom is -0.396 e. The molecule has 0 amide bonds. The van der Waals surface area contributed by atoms with E-state index in [2.05, 4.69) is 10.3 Å². The first-order chi connectivity index (χ1) is 5.24. The quantitative estimate of drug-likeness (QED) is 0.389. The molecule has 0 heterocycles. The first-order valence-corrected chi connectivity index (χ1v) is 3.84. The van der Waals surface area contributed by atoms with Gasteiger partial charge in [-0.25, -0.2) is 0 Å². The van der Waals surface area contributed by atoms with Gasteiger partial charge in [-0.15, -0.1) is 0 Å². The molecule has 0 rings (SSSR count). The van der Waals surface area contributed by atoms with Crippen LogP contribution in [-0.2, 0) is 0 Å². The van der Waals surface area contributed by atoms with Gasteiger partial charge in [0, 0.05) is 19.7 Å². The first kappa shape index (κ1) is 10.2. The molecule has 0 saturated carbocycles. The molecular formula is C7H17N3O. The smallest absolute Gasteiger partial charge is 0.188 e. The summed E-state index contributed by atoms with van der Waals surface area (Å²) >= 11 is 0. The Kier molecular flexibility index (Phi) is 5.56. The topological polar surface area (TPSA) is 70.6 Å². The summed E-state index contributed by atoms with van der Waals surface area (Å²) in [5.41, 5.74) is 5.44. The van der Waals surface area contributed by atoms with Gasteiger partial charge in [0.15, 0.2) is 5.96 Å². The lowest BCUT2D eigenvalue weighted by Crippen LogP contribution is -2.40. The molecule has 0 aromatic rings. The minimum atomic E-state index is 0.183. The van der Waals surface area contributed by atoms with Gasteiger partial charge in [-0.1, -0.05) is 6.92 Å². The van der Waals surface area contributed by atoms with Crippen molar-refractivity contribution in [1.29, 1.82) is 0 Å². The van der Waals surface area contributed by atoms with Crippen LogP contribution in [0.5, 0.6) is 0 Å². The predicted octanol–water partition coefficient (Wildman–Crippen LogP) is -0.318. The van der Waals surface area contributed by atoms with Gasteiger partial charge in [0.05, 0.1) is 0 Å². The zero-order chi connectivity index (χ0) is 8.69. The lowest BCUT2D eigenvalue weighted by atomic mass is 10.2. The number of rotatable bonds is 4. The monoisotopic (exact) mass is 159 g/mol. The third kappa shape index (κ3) is 4.61. The molecule has 0 aromatic heterocycles. The molecule has 0 spiro atoms. The van der Waals surface area contributed by atoms with Crippen LogP contribution in [0.15, 0.2) is 4.99 Å². The van der Waals surface area contributed by atoms with Crippen molar-refractivity contribution >= 4 is 5.96 Å². The van der Waals surface area contributed by atoms with Crippen molar-refractivity contribution in [3.63, 3.8) is 0 Å². The van der Waals surface area contributed by atoms with Gasteiger partial charge in [-0.2, -0.15) is 0 Å². The molecule has 0 radical (unpaired) electrons. The number of aliphatic imine (C=N–C) groups is 1. The van der Waals surface area contributed by atoms with Gasteiger partial charge in [0.2, 0.25) is 0 Å². The molecule has 0 bridgehead atoms. The Bertz CT molecular complexity index is 125. The maximum Gasteiger partial charge on any atom is 0.188 e. The van der Waals surface area contributed by atoms with Crippen LogP contribution >= 0.6 is 0 Å². The lowest BCUT2D eigenvalue weighted by molar-refractivity contribution is 0.269. The number of hydrogen-bond donors (Lipinski definition) is 3. The van der Waals surface area contributed by atoms with E-state index in [1.54, 1.807) is 7.05 Å². The summed E-state index contributed by atoms with van der Waals surface area (Å²) in [7, 11) is 1.63. The number of nitrogens with zero attached hydrogens (tertiary/aromatic N) is 1. The van der Waals surface area contributed by atoms with Crippen molar-refractivity contribution in [2.24, 2.45) is 10.7 Å². The van der Waals surface area contributed by atoms with Gasteiger partial charge in [-0.05, 0) is 12.8 Å². The number of hydrogen-bond acceptors (Lipinski definition) is 2. The number of guanidine groups is 1. The third-order valence-electron chi connectivity index (χ3n) is 1.56. The molecule has 0 saturated heterocycles. The Morgan fingerprint density at radius 3 is 2.73 bits per heavy atom. The molecule has 0 aromatic carbocycles. The Hall–Kier alpha value is -0.770. The van der Waals surface area contributed by atoms with Crippen LogP contribution in [0.25, 0.3) is 0 Å². The summed E-state index contributed by atoms with van der Waals surface area (Å²) in [6.07, 6.45) is 1.66. The summed E-state index contributed by atoms with van der Waals surface area (Å²) in [4.78, 5) is 3.76. The van der Waals surface area contributed by atoms with Crippen molar-refractivity contribution in [3.05, 3.63) is 0 Å².